The molecule has 0 spiro atoms. The molecule has 2 aromatic heterocycles. The van der Waals surface area contributed by atoms with Crippen molar-refractivity contribution in [1.82, 2.24) is 9.55 Å². The monoisotopic (exact) mass is 342 g/mol. The lowest BCUT2D eigenvalue weighted by Gasteiger charge is -2.13. The Hall–Kier alpha value is -2.00. The number of pyridine rings is 1. The van der Waals surface area contributed by atoms with Gasteiger partial charge in [0.05, 0.1) is 6.61 Å². The van der Waals surface area contributed by atoms with Crippen molar-refractivity contribution < 1.29 is 4.74 Å². The average Bonchev–Trinajstić information content (AvgIpc) is 2.80. The molecule has 0 aliphatic rings. The van der Waals surface area contributed by atoms with E-state index in [0.717, 1.165) is 16.1 Å². The molecule has 2 heterocycles. The van der Waals surface area contributed by atoms with Crippen molar-refractivity contribution in [2.45, 2.75) is 34.2 Å². The van der Waals surface area contributed by atoms with Crippen LogP contribution in [0.1, 0.15) is 30.7 Å². The first-order valence-corrected chi connectivity index (χ1v) is 8.67. The van der Waals surface area contributed by atoms with Crippen molar-refractivity contribution in [3.05, 3.63) is 58.4 Å². The van der Waals surface area contributed by atoms with Crippen LogP contribution in [0.5, 0.6) is 5.88 Å². The van der Waals surface area contributed by atoms with Gasteiger partial charge >= 0.3 is 0 Å². The molecule has 0 radical (unpaired) electrons. The lowest BCUT2D eigenvalue weighted by atomic mass is 10.2. The molecule has 0 unspecified atom stereocenters. The van der Waals surface area contributed by atoms with Crippen LogP contribution in [0.2, 0.25) is 5.02 Å². The summed E-state index contributed by atoms with van der Waals surface area (Å²) in [5.41, 5.74) is 4.62. The zero-order valence-corrected chi connectivity index (χ0v) is 15.4. The fraction of sp³-hybridized carbons (Fsp3) is 0.350. The molecule has 0 N–H and O–H groups in total. The Labute approximate surface area is 148 Å². The molecule has 4 heteroatoms. The summed E-state index contributed by atoms with van der Waals surface area (Å²) >= 11 is 6.37. The van der Waals surface area contributed by atoms with Crippen molar-refractivity contribution in [3.8, 4) is 5.88 Å². The summed E-state index contributed by atoms with van der Waals surface area (Å²) < 4.78 is 8.25. The van der Waals surface area contributed by atoms with E-state index in [2.05, 4.69) is 49.4 Å². The van der Waals surface area contributed by atoms with Crippen molar-refractivity contribution in [3.63, 3.8) is 0 Å². The minimum atomic E-state index is 0.455. The van der Waals surface area contributed by atoms with Crippen LogP contribution in [0.15, 0.2) is 36.5 Å². The molecular weight excluding hydrogens is 320 g/mol. The van der Waals surface area contributed by atoms with Gasteiger partial charge in [0, 0.05) is 28.8 Å². The van der Waals surface area contributed by atoms with E-state index in [1.807, 2.05) is 24.4 Å². The number of rotatable bonds is 5. The van der Waals surface area contributed by atoms with Crippen LogP contribution in [0, 0.1) is 19.8 Å². The number of hydrogen-bond donors (Lipinski definition) is 0. The number of halogens is 1. The van der Waals surface area contributed by atoms with E-state index in [1.54, 1.807) is 0 Å². The summed E-state index contributed by atoms with van der Waals surface area (Å²) in [4.78, 5) is 4.48. The van der Waals surface area contributed by atoms with Crippen LogP contribution >= 0.6 is 11.6 Å². The standard InChI is InChI=1S/C20H23ClN2O/c1-13(2)12-24-20-19-17(9-10-22-20)14(3)15(4)23(19)11-16-7-5-6-8-18(16)21/h5-10,13H,11-12H2,1-4H3. The first-order chi connectivity index (χ1) is 11.5. The van der Waals surface area contributed by atoms with Gasteiger partial charge < -0.3 is 9.30 Å². The number of benzene rings is 1. The summed E-state index contributed by atoms with van der Waals surface area (Å²) in [6.45, 7) is 9.92. The Morgan fingerprint density at radius 1 is 1.17 bits per heavy atom. The van der Waals surface area contributed by atoms with Gasteiger partial charge in [-0.25, -0.2) is 4.98 Å². The van der Waals surface area contributed by atoms with E-state index in [0.29, 0.717) is 24.9 Å². The topological polar surface area (TPSA) is 27.1 Å². The Bertz CT molecular complexity index is 867. The van der Waals surface area contributed by atoms with Crippen LogP contribution in [0.3, 0.4) is 0 Å². The molecule has 3 aromatic rings. The maximum atomic E-state index is 6.37. The maximum Gasteiger partial charge on any atom is 0.238 e. The van der Waals surface area contributed by atoms with Gasteiger partial charge in [0.2, 0.25) is 5.88 Å². The van der Waals surface area contributed by atoms with Crippen LogP contribution in [0.4, 0.5) is 0 Å². The molecule has 126 valence electrons. The molecule has 3 rings (SSSR count). The second-order valence-electron chi connectivity index (χ2n) is 6.61. The summed E-state index contributed by atoms with van der Waals surface area (Å²) in [5.74, 6) is 1.15. The fourth-order valence-electron chi connectivity index (χ4n) is 2.91. The zero-order valence-electron chi connectivity index (χ0n) is 14.6. The van der Waals surface area contributed by atoms with Gasteiger partial charge in [-0.2, -0.15) is 0 Å². The molecule has 0 atom stereocenters. The van der Waals surface area contributed by atoms with Gasteiger partial charge in [-0.1, -0.05) is 43.6 Å². The first-order valence-electron chi connectivity index (χ1n) is 8.29. The predicted molar refractivity (Wildman–Crippen MR) is 100 cm³/mol. The molecule has 0 fully saturated rings. The molecule has 0 amide bonds. The van der Waals surface area contributed by atoms with Crippen LogP contribution in [-0.4, -0.2) is 16.2 Å². The average molecular weight is 343 g/mol. The number of ether oxygens (including phenoxy) is 1. The highest BCUT2D eigenvalue weighted by atomic mass is 35.5. The summed E-state index contributed by atoms with van der Waals surface area (Å²) in [6.07, 6.45) is 1.82. The van der Waals surface area contributed by atoms with Gasteiger partial charge in [0.25, 0.3) is 0 Å². The molecule has 3 nitrogen and oxygen atoms in total. The van der Waals surface area contributed by atoms with E-state index < -0.39 is 0 Å². The zero-order chi connectivity index (χ0) is 17.3. The van der Waals surface area contributed by atoms with Crippen LogP contribution in [0.25, 0.3) is 10.9 Å². The summed E-state index contributed by atoms with van der Waals surface area (Å²) in [6, 6.07) is 10.0. The SMILES string of the molecule is Cc1c(C)n(Cc2ccccc2Cl)c2c(OCC(C)C)nccc12. The third-order valence-electron chi connectivity index (χ3n) is 4.35. The van der Waals surface area contributed by atoms with Crippen LogP contribution < -0.4 is 4.74 Å². The van der Waals surface area contributed by atoms with Crippen molar-refractivity contribution in [2.75, 3.05) is 6.61 Å². The van der Waals surface area contributed by atoms with Crippen molar-refractivity contribution in [2.24, 2.45) is 5.92 Å². The number of aryl methyl sites for hydroxylation is 1. The minimum Gasteiger partial charge on any atom is -0.476 e. The molecule has 0 aliphatic heterocycles. The number of nitrogens with zero attached hydrogens (tertiary/aromatic N) is 2. The number of hydrogen-bond acceptors (Lipinski definition) is 2. The van der Waals surface area contributed by atoms with Crippen molar-refractivity contribution >= 4 is 22.5 Å². The lowest BCUT2D eigenvalue weighted by Crippen LogP contribution is -2.08. The lowest BCUT2D eigenvalue weighted by molar-refractivity contribution is 0.263. The van der Waals surface area contributed by atoms with Gasteiger partial charge in [-0.3, -0.25) is 0 Å². The Morgan fingerprint density at radius 2 is 1.92 bits per heavy atom. The Morgan fingerprint density at radius 3 is 2.62 bits per heavy atom. The molecule has 24 heavy (non-hydrogen) atoms. The van der Waals surface area contributed by atoms with Gasteiger partial charge in [0.15, 0.2) is 0 Å². The van der Waals surface area contributed by atoms with Crippen molar-refractivity contribution in [1.29, 1.82) is 0 Å². The second kappa shape index (κ2) is 6.86. The molecule has 1 aromatic carbocycles. The van der Waals surface area contributed by atoms with Gasteiger partial charge in [-0.05, 0) is 43.0 Å². The normalized spacial score (nSPS) is 11.4. The highest BCUT2D eigenvalue weighted by Gasteiger charge is 2.17. The first kappa shape index (κ1) is 16.8. The summed E-state index contributed by atoms with van der Waals surface area (Å²) in [7, 11) is 0. The van der Waals surface area contributed by atoms with E-state index in [9.17, 15) is 0 Å². The van der Waals surface area contributed by atoms with E-state index >= 15 is 0 Å². The minimum absolute atomic E-state index is 0.455. The molecule has 0 saturated carbocycles. The fourth-order valence-corrected chi connectivity index (χ4v) is 3.10. The Kier molecular flexibility index (Phi) is 4.81. The van der Waals surface area contributed by atoms with E-state index in [4.69, 9.17) is 16.3 Å². The smallest absolute Gasteiger partial charge is 0.238 e. The Balaban J connectivity index is 2.12. The van der Waals surface area contributed by atoms with Gasteiger partial charge in [0.1, 0.15) is 5.52 Å². The molecule has 0 bridgehead atoms. The highest BCUT2D eigenvalue weighted by molar-refractivity contribution is 6.31. The maximum absolute atomic E-state index is 6.37. The second-order valence-corrected chi connectivity index (χ2v) is 7.01. The van der Waals surface area contributed by atoms with E-state index in [-0.39, 0.29) is 0 Å². The number of aromatic nitrogens is 2. The largest absolute Gasteiger partial charge is 0.476 e. The van der Waals surface area contributed by atoms with E-state index in [1.165, 1.54) is 16.6 Å². The van der Waals surface area contributed by atoms with Crippen LogP contribution in [-0.2, 0) is 6.54 Å². The molecule has 0 aliphatic carbocycles. The molecular formula is C20H23ClN2O. The molecule has 0 saturated heterocycles. The number of fused-ring (bicyclic) bond motifs is 1. The predicted octanol–water partition coefficient (Wildman–Crippen LogP) is 5.39. The summed E-state index contributed by atoms with van der Waals surface area (Å²) in [5, 5.41) is 1.97. The third-order valence-corrected chi connectivity index (χ3v) is 4.72. The third kappa shape index (κ3) is 3.13. The van der Waals surface area contributed by atoms with Gasteiger partial charge in [-0.15, -0.1) is 0 Å². The highest BCUT2D eigenvalue weighted by Crippen LogP contribution is 2.32. The quantitative estimate of drug-likeness (QED) is 0.621.